The molecule has 0 amide bonds. The lowest BCUT2D eigenvalue weighted by molar-refractivity contribution is 0.111. The Labute approximate surface area is 125 Å². The molecule has 0 unspecified atom stereocenters. The van der Waals surface area contributed by atoms with Gasteiger partial charge in [-0.05, 0) is 29.8 Å². The number of hydrogen-bond acceptors (Lipinski definition) is 3. The molecule has 1 heterocycles. The number of fused-ring (bicyclic) bond motifs is 1. The van der Waals surface area contributed by atoms with Gasteiger partial charge >= 0.3 is 0 Å². The van der Waals surface area contributed by atoms with Gasteiger partial charge in [-0.1, -0.05) is 28.1 Å². The lowest BCUT2D eigenvalue weighted by Crippen LogP contribution is -2.00. The highest BCUT2D eigenvalue weighted by Crippen LogP contribution is 2.33. The molecule has 0 bridgehead atoms. The number of carbonyl (C=O) groups is 1. The van der Waals surface area contributed by atoms with E-state index in [4.69, 9.17) is 9.47 Å². The second-order valence-corrected chi connectivity index (χ2v) is 5.51. The molecule has 0 atom stereocenters. The van der Waals surface area contributed by atoms with Crippen LogP contribution in [0.25, 0.3) is 0 Å². The van der Waals surface area contributed by atoms with E-state index in [-0.39, 0.29) is 0 Å². The summed E-state index contributed by atoms with van der Waals surface area (Å²) < 4.78 is 12.4. The summed E-state index contributed by atoms with van der Waals surface area (Å²) in [6.07, 6.45) is 1.73. The fourth-order valence-corrected chi connectivity index (χ4v) is 2.87. The first kappa shape index (κ1) is 13.2. The number of aldehydes is 1. The van der Waals surface area contributed by atoms with Crippen LogP contribution in [0.1, 0.15) is 21.5 Å². The van der Waals surface area contributed by atoms with Crippen molar-refractivity contribution in [3.63, 3.8) is 0 Å². The van der Waals surface area contributed by atoms with Crippen LogP contribution in [0.4, 0.5) is 0 Å². The summed E-state index contributed by atoms with van der Waals surface area (Å²) in [6.45, 7) is 1.09. The Kier molecular flexibility index (Phi) is 3.74. The lowest BCUT2D eigenvalue weighted by atomic mass is 10.1. The third kappa shape index (κ3) is 2.56. The zero-order valence-corrected chi connectivity index (χ0v) is 12.4. The topological polar surface area (TPSA) is 35.5 Å². The number of para-hydroxylation sites is 1. The lowest BCUT2D eigenvalue weighted by Gasteiger charge is -2.12. The molecule has 4 heteroatoms. The summed E-state index contributed by atoms with van der Waals surface area (Å²) in [5.74, 6) is 1.51. The predicted octanol–water partition coefficient (Wildman–Crippen LogP) is 3.78. The number of halogens is 1. The highest BCUT2D eigenvalue weighted by Gasteiger charge is 2.18. The van der Waals surface area contributed by atoms with Crippen LogP contribution in [0.5, 0.6) is 11.5 Å². The average molecular weight is 333 g/mol. The van der Waals surface area contributed by atoms with Gasteiger partial charge in [0.05, 0.1) is 12.2 Å². The van der Waals surface area contributed by atoms with Crippen molar-refractivity contribution in [3.8, 4) is 11.5 Å². The standard InChI is InChI=1S/C16H13BrO3/c17-14-7-11-5-6-19-16(11)13(8-14)10-20-15-4-2-1-3-12(15)9-18/h1-4,7-9H,5-6,10H2. The van der Waals surface area contributed by atoms with E-state index in [0.29, 0.717) is 24.5 Å². The van der Waals surface area contributed by atoms with E-state index in [9.17, 15) is 4.79 Å². The van der Waals surface area contributed by atoms with Crippen molar-refractivity contribution >= 4 is 22.2 Å². The van der Waals surface area contributed by atoms with Crippen LogP contribution >= 0.6 is 15.9 Å². The van der Waals surface area contributed by atoms with Crippen LogP contribution in [-0.4, -0.2) is 12.9 Å². The molecule has 2 aromatic carbocycles. The van der Waals surface area contributed by atoms with Crippen LogP contribution in [0.3, 0.4) is 0 Å². The van der Waals surface area contributed by atoms with Gasteiger partial charge in [0.2, 0.25) is 0 Å². The van der Waals surface area contributed by atoms with Crippen molar-refractivity contribution in [1.82, 2.24) is 0 Å². The maximum Gasteiger partial charge on any atom is 0.153 e. The molecule has 0 fully saturated rings. The summed E-state index contributed by atoms with van der Waals surface area (Å²) in [6, 6.07) is 11.3. The van der Waals surface area contributed by atoms with Crippen molar-refractivity contribution in [3.05, 3.63) is 57.6 Å². The molecular formula is C16H13BrO3. The molecule has 0 N–H and O–H groups in total. The van der Waals surface area contributed by atoms with Gasteiger partial charge in [-0.3, -0.25) is 4.79 Å². The second-order valence-electron chi connectivity index (χ2n) is 4.60. The van der Waals surface area contributed by atoms with E-state index in [1.165, 1.54) is 5.56 Å². The Bertz CT molecular complexity index is 652. The minimum atomic E-state index is 0.382. The number of benzene rings is 2. The zero-order valence-electron chi connectivity index (χ0n) is 10.8. The molecule has 2 aromatic rings. The Balaban J connectivity index is 1.84. The molecule has 0 saturated heterocycles. The first-order valence-electron chi connectivity index (χ1n) is 6.39. The SMILES string of the molecule is O=Cc1ccccc1OCc1cc(Br)cc2c1OCC2. The van der Waals surface area contributed by atoms with Gasteiger partial charge in [0.15, 0.2) is 6.29 Å². The Morgan fingerprint density at radius 3 is 3.00 bits per heavy atom. The first-order valence-corrected chi connectivity index (χ1v) is 7.18. The average Bonchev–Trinajstić information content (AvgIpc) is 2.93. The summed E-state index contributed by atoms with van der Waals surface area (Å²) >= 11 is 3.50. The van der Waals surface area contributed by atoms with Gasteiger partial charge in [-0.25, -0.2) is 0 Å². The van der Waals surface area contributed by atoms with E-state index < -0.39 is 0 Å². The number of ether oxygens (including phenoxy) is 2. The molecule has 0 aromatic heterocycles. The van der Waals surface area contributed by atoms with Gasteiger partial charge in [-0.15, -0.1) is 0 Å². The quantitative estimate of drug-likeness (QED) is 0.799. The van der Waals surface area contributed by atoms with Crippen LogP contribution in [0, 0.1) is 0 Å². The van der Waals surface area contributed by atoms with Gasteiger partial charge < -0.3 is 9.47 Å². The molecule has 0 saturated carbocycles. The fraction of sp³-hybridized carbons (Fsp3) is 0.188. The first-order chi connectivity index (χ1) is 9.78. The molecule has 1 aliphatic heterocycles. The predicted molar refractivity (Wildman–Crippen MR) is 79.5 cm³/mol. The molecule has 0 aliphatic carbocycles. The van der Waals surface area contributed by atoms with E-state index in [1.807, 2.05) is 18.2 Å². The van der Waals surface area contributed by atoms with Crippen molar-refractivity contribution in [2.45, 2.75) is 13.0 Å². The van der Waals surface area contributed by atoms with Gasteiger partial charge in [0, 0.05) is 16.5 Å². The van der Waals surface area contributed by atoms with Crippen molar-refractivity contribution < 1.29 is 14.3 Å². The smallest absolute Gasteiger partial charge is 0.153 e. The number of carbonyl (C=O) groups excluding carboxylic acids is 1. The van der Waals surface area contributed by atoms with Gasteiger partial charge in [0.25, 0.3) is 0 Å². The third-order valence-corrected chi connectivity index (χ3v) is 3.71. The van der Waals surface area contributed by atoms with E-state index in [2.05, 4.69) is 22.0 Å². The molecule has 102 valence electrons. The Morgan fingerprint density at radius 2 is 2.15 bits per heavy atom. The van der Waals surface area contributed by atoms with Crippen LogP contribution in [0.15, 0.2) is 40.9 Å². The maximum absolute atomic E-state index is 11.0. The summed E-state index contributed by atoms with van der Waals surface area (Å²) in [4.78, 5) is 11.0. The monoisotopic (exact) mass is 332 g/mol. The van der Waals surface area contributed by atoms with Gasteiger partial charge in [0.1, 0.15) is 18.1 Å². The highest BCUT2D eigenvalue weighted by molar-refractivity contribution is 9.10. The minimum Gasteiger partial charge on any atom is -0.493 e. The normalized spacial score (nSPS) is 12.7. The summed E-state index contributed by atoms with van der Waals surface area (Å²) in [7, 11) is 0. The highest BCUT2D eigenvalue weighted by atomic mass is 79.9. The second kappa shape index (κ2) is 5.67. The van der Waals surface area contributed by atoms with E-state index in [0.717, 1.165) is 28.5 Å². The number of hydrogen-bond donors (Lipinski definition) is 0. The Hall–Kier alpha value is -1.81. The van der Waals surface area contributed by atoms with Crippen molar-refractivity contribution in [1.29, 1.82) is 0 Å². The molecule has 0 radical (unpaired) electrons. The molecular weight excluding hydrogens is 320 g/mol. The Morgan fingerprint density at radius 1 is 1.30 bits per heavy atom. The zero-order chi connectivity index (χ0) is 13.9. The third-order valence-electron chi connectivity index (χ3n) is 3.25. The largest absolute Gasteiger partial charge is 0.493 e. The van der Waals surface area contributed by atoms with E-state index in [1.54, 1.807) is 12.1 Å². The number of rotatable bonds is 4. The van der Waals surface area contributed by atoms with Crippen LogP contribution < -0.4 is 9.47 Å². The van der Waals surface area contributed by atoms with Gasteiger partial charge in [-0.2, -0.15) is 0 Å². The fourth-order valence-electron chi connectivity index (χ4n) is 2.32. The molecule has 1 aliphatic rings. The van der Waals surface area contributed by atoms with Crippen molar-refractivity contribution in [2.24, 2.45) is 0 Å². The molecule has 3 rings (SSSR count). The van der Waals surface area contributed by atoms with Crippen LogP contribution in [0.2, 0.25) is 0 Å². The molecule has 0 spiro atoms. The van der Waals surface area contributed by atoms with Crippen LogP contribution in [-0.2, 0) is 13.0 Å². The molecule has 3 nitrogen and oxygen atoms in total. The summed E-state index contributed by atoms with van der Waals surface area (Å²) in [5.41, 5.74) is 2.74. The summed E-state index contributed by atoms with van der Waals surface area (Å²) in [5, 5.41) is 0. The maximum atomic E-state index is 11.0. The molecule has 20 heavy (non-hydrogen) atoms. The van der Waals surface area contributed by atoms with E-state index >= 15 is 0 Å². The van der Waals surface area contributed by atoms with Crippen molar-refractivity contribution in [2.75, 3.05) is 6.61 Å². The minimum absolute atomic E-state index is 0.382.